The van der Waals surface area contributed by atoms with Crippen molar-refractivity contribution in [3.05, 3.63) is 11.8 Å². The van der Waals surface area contributed by atoms with Crippen LogP contribution in [0.3, 0.4) is 0 Å². The van der Waals surface area contributed by atoms with Crippen LogP contribution in [0, 0.1) is 6.92 Å². The number of anilines is 1. The van der Waals surface area contributed by atoms with Crippen molar-refractivity contribution in [3.63, 3.8) is 0 Å². The fraction of sp³-hybridized carbons (Fsp3) is 0.545. The minimum absolute atomic E-state index is 0.466. The van der Waals surface area contributed by atoms with E-state index in [9.17, 15) is 0 Å². The molecule has 1 aliphatic rings. The first kappa shape index (κ1) is 12.3. The second-order valence-corrected chi connectivity index (χ2v) is 5.43. The van der Waals surface area contributed by atoms with Gasteiger partial charge in [-0.2, -0.15) is 0 Å². The maximum absolute atomic E-state index is 4.45. The molecular formula is C11H15N7S. The number of hydrogen-bond acceptors (Lipinski definition) is 7. The molecule has 8 heteroatoms. The number of nitrogens with one attached hydrogen (secondary N) is 1. The molecule has 2 aromatic heterocycles. The molecule has 0 aliphatic heterocycles. The summed E-state index contributed by atoms with van der Waals surface area (Å²) in [5.41, 5.74) is 0.930. The van der Waals surface area contributed by atoms with E-state index in [4.69, 9.17) is 0 Å². The van der Waals surface area contributed by atoms with Gasteiger partial charge in [0.1, 0.15) is 5.03 Å². The maximum Gasteiger partial charge on any atom is 0.223 e. The standard InChI is InChI=1S/C11H15N7S/c1-3-12-10-13-7(2)6-9(14-10)19-11-15-16-17-18(11)8-4-5-8/h6,8H,3-5H2,1-2H3,(H,12,13,14). The highest BCUT2D eigenvalue weighted by Crippen LogP contribution is 2.37. The van der Waals surface area contributed by atoms with E-state index < -0.39 is 0 Å². The first-order valence-corrected chi connectivity index (χ1v) is 7.13. The molecule has 0 amide bonds. The molecule has 3 rings (SSSR count). The zero-order chi connectivity index (χ0) is 13.2. The van der Waals surface area contributed by atoms with Crippen molar-refractivity contribution in [2.75, 3.05) is 11.9 Å². The molecule has 0 aromatic carbocycles. The SMILES string of the molecule is CCNc1nc(C)cc(Sc2nnnn2C2CC2)n1. The Morgan fingerprint density at radius 1 is 1.42 bits per heavy atom. The van der Waals surface area contributed by atoms with Crippen molar-refractivity contribution < 1.29 is 0 Å². The Bertz CT molecular complexity index is 578. The van der Waals surface area contributed by atoms with E-state index in [0.717, 1.165) is 35.3 Å². The molecule has 0 saturated heterocycles. The van der Waals surface area contributed by atoms with Crippen LogP contribution in [0.5, 0.6) is 0 Å². The first-order valence-electron chi connectivity index (χ1n) is 6.31. The van der Waals surface area contributed by atoms with Crippen molar-refractivity contribution in [1.82, 2.24) is 30.2 Å². The molecule has 7 nitrogen and oxygen atoms in total. The minimum atomic E-state index is 0.466. The Hall–Kier alpha value is -1.70. The molecule has 0 unspecified atom stereocenters. The number of hydrogen-bond donors (Lipinski definition) is 1. The van der Waals surface area contributed by atoms with Gasteiger partial charge in [0, 0.05) is 12.2 Å². The number of rotatable bonds is 5. The number of aryl methyl sites for hydroxylation is 1. The average Bonchev–Trinajstić information content (AvgIpc) is 3.10. The highest BCUT2D eigenvalue weighted by molar-refractivity contribution is 7.99. The van der Waals surface area contributed by atoms with Gasteiger partial charge >= 0.3 is 0 Å². The van der Waals surface area contributed by atoms with Crippen molar-refractivity contribution in [3.8, 4) is 0 Å². The highest BCUT2D eigenvalue weighted by Gasteiger charge is 2.28. The summed E-state index contributed by atoms with van der Waals surface area (Å²) >= 11 is 1.48. The molecule has 1 aliphatic carbocycles. The van der Waals surface area contributed by atoms with E-state index >= 15 is 0 Å². The molecule has 0 bridgehead atoms. The summed E-state index contributed by atoms with van der Waals surface area (Å²) in [4.78, 5) is 8.78. The largest absolute Gasteiger partial charge is 0.354 e. The second kappa shape index (κ2) is 5.12. The summed E-state index contributed by atoms with van der Waals surface area (Å²) < 4.78 is 1.88. The lowest BCUT2D eigenvalue weighted by Crippen LogP contribution is -2.04. The molecule has 100 valence electrons. The summed E-state index contributed by atoms with van der Waals surface area (Å²) in [6.07, 6.45) is 2.31. The lowest BCUT2D eigenvalue weighted by Gasteiger charge is -2.06. The monoisotopic (exact) mass is 277 g/mol. The van der Waals surface area contributed by atoms with Crippen LogP contribution in [0.25, 0.3) is 0 Å². The van der Waals surface area contributed by atoms with E-state index in [1.54, 1.807) is 0 Å². The van der Waals surface area contributed by atoms with Crippen LogP contribution < -0.4 is 5.32 Å². The number of aromatic nitrogens is 6. The summed E-state index contributed by atoms with van der Waals surface area (Å²) in [6, 6.07) is 2.41. The Morgan fingerprint density at radius 2 is 2.26 bits per heavy atom. The first-order chi connectivity index (χ1) is 9.26. The predicted molar refractivity (Wildman–Crippen MR) is 71.1 cm³/mol. The topological polar surface area (TPSA) is 81.4 Å². The van der Waals surface area contributed by atoms with E-state index in [2.05, 4.69) is 30.8 Å². The Morgan fingerprint density at radius 3 is 3.00 bits per heavy atom. The zero-order valence-electron chi connectivity index (χ0n) is 10.9. The Labute approximate surface area is 115 Å². The number of tetrazole rings is 1. The summed E-state index contributed by atoms with van der Waals surface area (Å²) in [5, 5.41) is 16.6. The third kappa shape index (κ3) is 2.83. The maximum atomic E-state index is 4.45. The van der Waals surface area contributed by atoms with Gasteiger partial charge in [0.05, 0.1) is 6.04 Å². The van der Waals surface area contributed by atoms with E-state index in [-0.39, 0.29) is 0 Å². The zero-order valence-corrected chi connectivity index (χ0v) is 11.7. The van der Waals surface area contributed by atoms with Crippen LogP contribution in [0.4, 0.5) is 5.95 Å². The highest BCUT2D eigenvalue weighted by atomic mass is 32.2. The lowest BCUT2D eigenvalue weighted by molar-refractivity contribution is 0.565. The third-order valence-corrected chi connectivity index (χ3v) is 3.59. The summed E-state index contributed by atoms with van der Waals surface area (Å²) in [5.74, 6) is 0.649. The Balaban J connectivity index is 1.83. The van der Waals surface area contributed by atoms with Crippen LogP contribution in [0.15, 0.2) is 16.2 Å². The van der Waals surface area contributed by atoms with Crippen LogP contribution in [-0.2, 0) is 0 Å². The Kier molecular flexibility index (Phi) is 3.33. The molecule has 0 radical (unpaired) electrons. The second-order valence-electron chi connectivity index (χ2n) is 4.44. The van der Waals surface area contributed by atoms with Crippen LogP contribution in [0.1, 0.15) is 31.5 Å². The molecule has 19 heavy (non-hydrogen) atoms. The van der Waals surface area contributed by atoms with Gasteiger partial charge < -0.3 is 5.32 Å². The van der Waals surface area contributed by atoms with Crippen LogP contribution in [-0.4, -0.2) is 36.7 Å². The van der Waals surface area contributed by atoms with Gasteiger partial charge in [-0.15, -0.1) is 5.10 Å². The fourth-order valence-corrected chi connectivity index (χ4v) is 2.63. The molecule has 2 aromatic rings. The van der Waals surface area contributed by atoms with Crippen LogP contribution in [0.2, 0.25) is 0 Å². The van der Waals surface area contributed by atoms with E-state index in [1.807, 2.05) is 24.6 Å². The van der Waals surface area contributed by atoms with Gasteiger partial charge in [0.15, 0.2) is 0 Å². The molecule has 2 heterocycles. The molecule has 0 spiro atoms. The van der Waals surface area contributed by atoms with Gasteiger partial charge in [0.2, 0.25) is 11.1 Å². The smallest absolute Gasteiger partial charge is 0.223 e. The van der Waals surface area contributed by atoms with Crippen LogP contribution >= 0.6 is 11.8 Å². The summed E-state index contributed by atoms with van der Waals surface area (Å²) in [7, 11) is 0. The molecular weight excluding hydrogens is 262 g/mol. The normalized spacial score (nSPS) is 14.6. The molecule has 0 atom stereocenters. The summed E-state index contributed by atoms with van der Waals surface area (Å²) in [6.45, 7) is 4.77. The minimum Gasteiger partial charge on any atom is -0.354 e. The van der Waals surface area contributed by atoms with Crippen molar-refractivity contribution >= 4 is 17.7 Å². The van der Waals surface area contributed by atoms with Gasteiger partial charge in [-0.25, -0.2) is 14.6 Å². The fourth-order valence-electron chi connectivity index (χ4n) is 1.72. The van der Waals surface area contributed by atoms with Crippen molar-refractivity contribution in [1.29, 1.82) is 0 Å². The van der Waals surface area contributed by atoms with E-state index in [0.29, 0.717) is 12.0 Å². The molecule has 1 saturated carbocycles. The van der Waals surface area contributed by atoms with Gasteiger partial charge in [-0.1, -0.05) is 0 Å². The molecule has 1 fully saturated rings. The van der Waals surface area contributed by atoms with Gasteiger partial charge in [0.25, 0.3) is 0 Å². The third-order valence-electron chi connectivity index (χ3n) is 2.72. The number of nitrogens with zero attached hydrogens (tertiary/aromatic N) is 6. The van der Waals surface area contributed by atoms with Gasteiger partial charge in [-0.05, 0) is 54.9 Å². The predicted octanol–water partition coefficient (Wildman–Crippen LogP) is 1.69. The quantitative estimate of drug-likeness (QED) is 0.833. The molecule has 1 N–H and O–H groups in total. The average molecular weight is 277 g/mol. The van der Waals surface area contributed by atoms with Crippen molar-refractivity contribution in [2.45, 2.75) is 42.9 Å². The van der Waals surface area contributed by atoms with E-state index in [1.165, 1.54) is 11.8 Å². The lowest BCUT2D eigenvalue weighted by atomic mass is 10.5. The van der Waals surface area contributed by atoms with Crippen molar-refractivity contribution in [2.24, 2.45) is 0 Å². The van der Waals surface area contributed by atoms with Gasteiger partial charge in [-0.3, -0.25) is 0 Å².